The number of aliphatic hydroxyl groups excluding tert-OH is 1. The van der Waals surface area contributed by atoms with Crippen LogP contribution in [0.25, 0.3) is 0 Å². The lowest BCUT2D eigenvalue weighted by Crippen LogP contribution is -2.43. The molecular weight excluding hydrogens is 140 g/mol. The Bertz CT molecular complexity index is 158. The summed E-state index contributed by atoms with van der Waals surface area (Å²) in [4.78, 5) is 4.20. The van der Waals surface area contributed by atoms with E-state index < -0.39 is 0 Å². The highest BCUT2D eigenvalue weighted by atomic mass is 16.3. The van der Waals surface area contributed by atoms with Crippen LogP contribution in [0.5, 0.6) is 0 Å². The summed E-state index contributed by atoms with van der Waals surface area (Å²) in [5, 5.41) is 8.83. The van der Waals surface area contributed by atoms with Crippen LogP contribution in [0.4, 0.5) is 0 Å². The van der Waals surface area contributed by atoms with Crippen LogP contribution in [0.3, 0.4) is 0 Å². The van der Waals surface area contributed by atoms with Gasteiger partial charge in [-0.25, -0.2) is 4.99 Å². The highest BCUT2D eigenvalue weighted by molar-refractivity contribution is 5.48. The Hall–Kier alpha value is -0.410. The lowest BCUT2D eigenvalue weighted by molar-refractivity contribution is -0.808. The average molecular weight is 156 g/mol. The van der Waals surface area contributed by atoms with E-state index in [0.717, 1.165) is 24.0 Å². The molecule has 0 saturated carbocycles. The van der Waals surface area contributed by atoms with Crippen molar-refractivity contribution in [2.75, 3.05) is 26.7 Å². The van der Waals surface area contributed by atoms with Crippen LogP contribution in [-0.4, -0.2) is 48.7 Å². The monoisotopic (exact) mass is 156 g/mol. The first-order chi connectivity index (χ1) is 5.20. The summed E-state index contributed by atoms with van der Waals surface area (Å²) < 4.78 is 0.828. The van der Waals surface area contributed by atoms with Gasteiger partial charge in [-0.2, -0.15) is 0 Å². The molecule has 63 valence electrons. The zero-order valence-corrected chi connectivity index (χ0v) is 7.03. The molecule has 1 heterocycles. The van der Waals surface area contributed by atoms with Crippen LogP contribution in [0.15, 0.2) is 4.99 Å². The van der Waals surface area contributed by atoms with Crippen molar-refractivity contribution in [2.24, 2.45) is 4.99 Å². The Balaban J connectivity index is 2.45. The molecule has 0 saturated heterocycles. The number of hydrogen-bond donors (Lipinski definition) is 1. The van der Waals surface area contributed by atoms with Crippen molar-refractivity contribution in [1.29, 1.82) is 0 Å². The number of quaternary nitrogens is 1. The summed E-state index contributed by atoms with van der Waals surface area (Å²) in [5.74, 6) is 0. The largest absolute Gasteiger partial charge is 0.394 e. The third kappa shape index (κ3) is 2.01. The summed E-state index contributed by atoms with van der Waals surface area (Å²) in [5.41, 5.74) is 0. The van der Waals surface area contributed by atoms with Gasteiger partial charge < -0.3 is 5.11 Å². The standard InChI is InChI=1S/C8H16N2O/c1-3-4-10(2)5-8(6-11)9-7-10/h7-8,11H,1,3-6H2,2H3/q+1. The normalized spacial score (nSPS) is 36.5. The van der Waals surface area contributed by atoms with Crippen molar-refractivity contribution in [1.82, 2.24) is 0 Å². The SMILES string of the molecule is [CH2]CC[N+]1(C)C=NC(CO)C1. The zero-order chi connectivity index (χ0) is 8.32. The minimum absolute atomic E-state index is 0.117. The topological polar surface area (TPSA) is 32.6 Å². The van der Waals surface area contributed by atoms with E-state index in [1.54, 1.807) is 0 Å². The van der Waals surface area contributed by atoms with Crippen molar-refractivity contribution in [2.45, 2.75) is 12.5 Å². The van der Waals surface area contributed by atoms with Crippen LogP contribution in [0.2, 0.25) is 0 Å². The minimum Gasteiger partial charge on any atom is -0.394 e. The molecular formula is C8H16N2O+. The van der Waals surface area contributed by atoms with E-state index in [0.29, 0.717) is 0 Å². The zero-order valence-electron chi connectivity index (χ0n) is 7.03. The van der Waals surface area contributed by atoms with E-state index >= 15 is 0 Å². The third-order valence-electron chi connectivity index (χ3n) is 2.06. The van der Waals surface area contributed by atoms with Crippen LogP contribution < -0.4 is 0 Å². The van der Waals surface area contributed by atoms with E-state index in [1.807, 2.05) is 6.34 Å². The summed E-state index contributed by atoms with van der Waals surface area (Å²) in [6, 6.07) is 0.117. The molecule has 0 bridgehead atoms. The minimum atomic E-state index is 0.117. The molecule has 2 atom stereocenters. The molecule has 0 fully saturated rings. The maximum atomic E-state index is 8.83. The molecule has 11 heavy (non-hydrogen) atoms. The number of nitrogens with zero attached hydrogens (tertiary/aromatic N) is 2. The van der Waals surface area contributed by atoms with Crippen molar-refractivity contribution < 1.29 is 9.59 Å². The van der Waals surface area contributed by atoms with Gasteiger partial charge in [-0.15, -0.1) is 0 Å². The summed E-state index contributed by atoms with van der Waals surface area (Å²) in [7, 11) is 2.12. The molecule has 1 aliphatic rings. The first kappa shape index (κ1) is 8.68. The van der Waals surface area contributed by atoms with Crippen molar-refractivity contribution in [3.05, 3.63) is 6.92 Å². The molecule has 1 aliphatic heterocycles. The average Bonchev–Trinajstić information content (AvgIpc) is 2.33. The Morgan fingerprint density at radius 2 is 2.55 bits per heavy atom. The highest BCUT2D eigenvalue weighted by Gasteiger charge is 2.29. The van der Waals surface area contributed by atoms with Gasteiger partial charge in [0.05, 0.1) is 20.2 Å². The Morgan fingerprint density at radius 1 is 1.82 bits per heavy atom. The van der Waals surface area contributed by atoms with E-state index in [4.69, 9.17) is 5.11 Å². The molecule has 1 N–H and O–H groups in total. The summed E-state index contributed by atoms with van der Waals surface area (Å²) in [6.45, 7) is 5.91. The first-order valence-corrected chi connectivity index (χ1v) is 3.99. The fourth-order valence-corrected chi connectivity index (χ4v) is 1.45. The van der Waals surface area contributed by atoms with Crippen molar-refractivity contribution >= 4 is 6.34 Å². The molecule has 2 unspecified atom stereocenters. The lowest BCUT2D eigenvalue weighted by atomic mass is 10.3. The number of rotatable bonds is 3. The van der Waals surface area contributed by atoms with E-state index in [1.165, 1.54) is 0 Å². The Morgan fingerprint density at radius 3 is 3.00 bits per heavy atom. The third-order valence-corrected chi connectivity index (χ3v) is 2.06. The molecule has 0 amide bonds. The van der Waals surface area contributed by atoms with Crippen LogP contribution in [0, 0.1) is 6.92 Å². The summed E-state index contributed by atoms with van der Waals surface area (Å²) in [6.07, 6.45) is 2.84. The Kier molecular flexibility index (Phi) is 2.62. The molecule has 3 heteroatoms. The quantitative estimate of drug-likeness (QED) is 0.576. The molecule has 0 spiro atoms. The molecule has 3 nitrogen and oxygen atoms in total. The van der Waals surface area contributed by atoms with Gasteiger partial charge >= 0.3 is 0 Å². The molecule has 0 aromatic rings. The highest BCUT2D eigenvalue weighted by Crippen LogP contribution is 2.11. The van der Waals surface area contributed by atoms with Gasteiger partial charge in [-0.1, -0.05) is 0 Å². The number of hydrogen-bond acceptors (Lipinski definition) is 2. The first-order valence-electron chi connectivity index (χ1n) is 3.99. The van der Waals surface area contributed by atoms with Crippen LogP contribution >= 0.6 is 0 Å². The number of likely N-dealkylation sites (N-methyl/N-ethyl adjacent to an activating group) is 1. The second kappa shape index (κ2) is 3.32. The molecule has 1 rings (SSSR count). The molecule has 1 radical (unpaired) electrons. The van der Waals surface area contributed by atoms with E-state index in [-0.39, 0.29) is 12.6 Å². The van der Waals surface area contributed by atoms with Gasteiger partial charge in [0.25, 0.3) is 0 Å². The van der Waals surface area contributed by atoms with E-state index in [9.17, 15) is 0 Å². The maximum absolute atomic E-state index is 8.83. The smallest absolute Gasteiger partial charge is 0.185 e. The van der Waals surface area contributed by atoms with Gasteiger partial charge in [0, 0.05) is 0 Å². The summed E-state index contributed by atoms with van der Waals surface area (Å²) >= 11 is 0. The van der Waals surface area contributed by atoms with Gasteiger partial charge in [-0.05, 0) is 13.3 Å². The lowest BCUT2D eigenvalue weighted by Gasteiger charge is -2.24. The van der Waals surface area contributed by atoms with Gasteiger partial charge in [-0.3, -0.25) is 4.48 Å². The molecule has 0 aliphatic carbocycles. The predicted octanol–water partition coefficient (Wildman–Crippen LogP) is 0.0600. The fraction of sp³-hybridized carbons (Fsp3) is 0.750. The van der Waals surface area contributed by atoms with Gasteiger partial charge in [0.15, 0.2) is 6.34 Å². The molecule has 0 aromatic carbocycles. The van der Waals surface area contributed by atoms with Gasteiger partial charge in [0.2, 0.25) is 0 Å². The fourth-order valence-electron chi connectivity index (χ4n) is 1.45. The van der Waals surface area contributed by atoms with Gasteiger partial charge in [0.1, 0.15) is 12.6 Å². The van der Waals surface area contributed by atoms with Crippen LogP contribution in [-0.2, 0) is 0 Å². The number of aliphatic imine (C=N–C) groups is 1. The predicted molar refractivity (Wildman–Crippen MR) is 45.3 cm³/mol. The maximum Gasteiger partial charge on any atom is 0.185 e. The number of aliphatic hydroxyl groups is 1. The molecule has 0 aromatic heterocycles. The Labute approximate surface area is 67.9 Å². The van der Waals surface area contributed by atoms with Crippen molar-refractivity contribution in [3.8, 4) is 0 Å². The van der Waals surface area contributed by atoms with E-state index in [2.05, 4.69) is 19.0 Å². The van der Waals surface area contributed by atoms with Crippen molar-refractivity contribution in [3.63, 3.8) is 0 Å². The van der Waals surface area contributed by atoms with Crippen LogP contribution in [0.1, 0.15) is 6.42 Å². The second-order valence-electron chi connectivity index (χ2n) is 3.34. The second-order valence-corrected chi connectivity index (χ2v) is 3.34.